The summed E-state index contributed by atoms with van der Waals surface area (Å²) in [5.74, 6) is 0. The first-order chi connectivity index (χ1) is 12.4. The second-order valence-electron chi connectivity index (χ2n) is 5.66. The monoisotopic (exact) mass is 480 g/mol. The number of nitrogens with zero attached hydrogens (tertiary/aromatic N) is 2. The molecule has 0 aliphatic rings. The molecule has 3 aromatic rings. The van der Waals surface area contributed by atoms with Crippen LogP contribution >= 0.6 is 31.9 Å². The van der Waals surface area contributed by atoms with Crippen molar-refractivity contribution in [2.45, 2.75) is 9.65 Å². The van der Waals surface area contributed by atoms with Crippen LogP contribution in [0, 0.1) is 10.4 Å². The molecule has 0 aliphatic carbocycles. The Balaban J connectivity index is 2.04. The molecule has 26 heavy (non-hydrogen) atoms. The van der Waals surface area contributed by atoms with Gasteiger partial charge in [0.2, 0.25) is 0 Å². The minimum absolute atomic E-state index is 0.0641. The first-order valence-corrected chi connectivity index (χ1v) is 9.45. The minimum Gasteiger partial charge on any atom is -0.769 e. The lowest BCUT2D eigenvalue weighted by molar-refractivity contribution is 0.0287. The Morgan fingerprint density at radius 3 is 2.15 bits per heavy atom. The van der Waals surface area contributed by atoms with E-state index in [1.54, 1.807) is 0 Å². The van der Waals surface area contributed by atoms with Crippen molar-refractivity contribution in [3.8, 4) is 0 Å². The van der Waals surface area contributed by atoms with Gasteiger partial charge in [0.1, 0.15) is 5.69 Å². The molecule has 2 N–H and O–H groups in total. The maximum atomic E-state index is 11.0. The van der Waals surface area contributed by atoms with Crippen LogP contribution in [-0.4, -0.2) is 10.4 Å². The molecule has 0 spiro atoms. The molecule has 0 radical (unpaired) electrons. The Labute approximate surface area is 166 Å². The fourth-order valence-electron chi connectivity index (χ4n) is 2.86. The molecule has 0 aliphatic heterocycles. The number of hydrogen-bond acceptors (Lipinski definition) is 6. The summed E-state index contributed by atoms with van der Waals surface area (Å²) in [5.41, 5.74) is 1.21. The quantitative estimate of drug-likeness (QED) is 0.353. The van der Waals surface area contributed by atoms with E-state index in [9.17, 15) is 20.8 Å². The van der Waals surface area contributed by atoms with Crippen molar-refractivity contribution in [3.63, 3.8) is 0 Å². The number of rotatable bonds is 5. The summed E-state index contributed by atoms with van der Waals surface area (Å²) in [6.45, 7) is 0. The van der Waals surface area contributed by atoms with Gasteiger partial charge in [0.15, 0.2) is 0 Å². The largest absolute Gasteiger partial charge is 0.769 e. The van der Waals surface area contributed by atoms with Crippen LogP contribution in [0.15, 0.2) is 60.7 Å². The highest BCUT2D eigenvalue weighted by Gasteiger charge is 2.25. The third kappa shape index (κ3) is 3.71. The van der Waals surface area contributed by atoms with Gasteiger partial charge in [-0.05, 0) is 34.0 Å². The molecule has 8 heteroatoms. The molecule has 3 rings (SSSR count). The lowest BCUT2D eigenvalue weighted by atomic mass is 9.97. The lowest BCUT2D eigenvalue weighted by Crippen LogP contribution is -2.16. The maximum absolute atomic E-state index is 11.0. The Morgan fingerprint density at radius 1 is 0.808 bits per heavy atom. The maximum Gasteiger partial charge on any atom is 0.101 e. The van der Waals surface area contributed by atoms with Crippen LogP contribution in [0.3, 0.4) is 0 Å². The fraction of sp³-hybridized carbons (Fsp3) is 0.111. The third-order valence-electron chi connectivity index (χ3n) is 4.11. The minimum atomic E-state index is -0.587. The van der Waals surface area contributed by atoms with Gasteiger partial charge in [-0.15, -0.1) is 5.23 Å². The van der Waals surface area contributed by atoms with Crippen LogP contribution in [0.1, 0.15) is 20.8 Å². The molecule has 2 atom stereocenters. The number of hydrogen-bond donors (Lipinski definition) is 2. The molecule has 0 heterocycles. The van der Waals surface area contributed by atoms with Crippen LogP contribution in [0.25, 0.3) is 10.8 Å². The Morgan fingerprint density at radius 2 is 1.46 bits per heavy atom. The van der Waals surface area contributed by atoms with Gasteiger partial charge >= 0.3 is 0 Å². The van der Waals surface area contributed by atoms with Crippen molar-refractivity contribution in [1.29, 1.82) is 0 Å². The van der Waals surface area contributed by atoms with E-state index in [0.29, 0.717) is 5.56 Å². The van der Waals surface area contributed by atoms with Gasteiger partial charge in [-0.2, -0.15) is 0 Å². The van der Waals surface area contributed by atoms with E-state index in [0.717, 1.165) is 22.4 Å². The van der Waals surface area contributed by atoms with Crippen LogP contribution in [-0.2, 0) is 0 Å². The zero-order valence-corrected chi connectivity index (χ0v) is 16.5. The zero-order valence-electron chi connectivity index (χ0n) is 13.3. The van der Waals surface area contributed by atoms with Gasteiger partial charge in [0.25, 0.3) is 0 Å². The highest BCUT2D eigenvalue weighted by molar-refractivity contribution is 9.12. The SMILES string of the molecule is [O-]N([O-])c1ccc([C@H](Br)[C@@H](Br)c2cccc3ccccc23)c(N(O)O)c1. The molecule has 136 valence electrons. The molecule has 0 saturated heterocycles. The average Bonchev–Trinajstić information content (AvgIpc) is 2.65. The summed E-state index contributed by atoms with van der Waals surface area (Å²) in [5, 5.41) is 42.4. The van der Waals surface area contributed by atoms with Crippen LogP contribution in [0.5, 0.6) is 0 Å². The summed E-state index contributed by atoms with van der Waals surface area (Å²) in [7, 11) is 0. The molecule has 0 bridgehead atoms. The molecule has 0 fully saturated rings. The zero-order chi connectivity index (χ0) is 18.8. The number of anilines is 2. The second kappa shape index (κ2) is 7.91. The Bertz CT molecular complexity index is 915. The Hall–Kier alpha value is -1.68. The van der Waals surface area contributed by atoms with Crippen molar-refractivity contribution < 1.29 is 10.4 Å². The van der Waals surface area contributed by atoms with E-state index in [1.807, 2.05) is 42.5 Å². The van der Waals surface area contributed by atoms with Gasteiger partial charge < -0.3 is 15.6 Å². The van der Waals surface area contributed by atoms with Gasteiger partial charge in [-0.3, -0.25) is 10.4 Å². The molecule has 6 nitrogen and oxygen atoms in total. The molecule has 0 saturated carbocycles. The molecule has 0 amide bonds. The first kappa shape index (κ1) is 19.1. The van der Waals surface area contributed by atoms with Crippen molar-refractivity contribution >= 4 is 54.0 Å². The smallest absolute Gasteiger partial charge is 0.101 e. The number of benzene rings is 3. The standard InChI is InChI=1S/C18H14Br2N2O4/c19-17(14-7-3-5-11-4-1-2-6-13(11)14)18(20)15-9-8-12(21(23)24)10-16(15)22(25)26/h1-10,17-18,25-26H/q-2/t17-,18-/m0/s1. The number of fused-ring (bicyclic) bond motifs is 1. The van der Waals surface area contributed by atoms with Crippen LogP contribution in [0.4, 0.5) is 11.4 Å². The number of alkyl halides is 2. The van der Waals surface area contributed by atoms with E-state index >= 15 is 0 Å². The summed E-state index contributed by atoms with van der Waals surface area (Å²) in [4.78, 5) is -0.584. The summed E-state index contributed by atoms with van der Waals surface area (Å²) < 4.78 is 0. The normalized spacial score (nSPS) is 13.5. The van der Waals surface area contributed by atoms with Crippen LogP contribution in [0.2, 0.25) is 0 Å². The molecule has 3 aromatic carbocycles. The van der Waals surface area contributed by atoms with Gasteiger partial charge in [-0.25, -0.2) is 0 Å². The highest BCUT2D eigenvalue weighted by Crippen LogP contribution is 2.47. The highest BCUT2D eigenvalue weighted by atomic mass is 79.9. The van der Waals surface area contributed by atoms with E-state index < -0.39 is 5.23 Å². The first-order valence-electron chi connectivity index (χ1n) is 7.62. The molecular formula is C18H14Br2N2O4-2. The Kier molecular flexibility index (Phi) is 5.81. The predicted octanol–water partition coefficient (Wildman–Crippen LogP) is 5.80. The predicted molar refractivity (Wildman–Crippen MR) is 109 cm³/mol. The van der Waals surface area contributed by atoms with Crippen molar-refractivity contribution in [3.05, 3.63) is 82.2 Å². The third-order valence-corrected chi connectivity index (χ3v) is 6.87. The second-order valence-corrected chi connectivity index (χ2v) is 7.63. The van der Waals surface area contributed by atoms with Gasteiger partial charge in [0.05, 0.1) is 9.65 Å². The molecular weight excluding hydrogens is 468 g/mol. The van der Waals surface area contributed by atoms with Crippen molar-refractivity contribution in [2.24, 2.45) is 0 Å². The number of halogens is 2. The van der Waals surface area contributed by atoms with Gasteiger partial charge in [0, 0.05) is 5.69 Å². The average molecular weight is 482 g/mol. The summed E-state index contributed by atoms with van der Waals surface area (Å²) in [6.07, 6.45) is 0. The molecule has 0 aromatic heterocycles. The van der Waals surface area contributed by atoms with Gasteiger partial charge in [-0.1, -0.05) is 80.4 Å². The van der Waals surface area contributed by atoms with E-state index in [2.05, 4.69) is 31.9 Å². The topological polar surface area (TPSA) is 93.1 Å². The lowest BCUT2D eigenvalue weighted by Gasteiger charge is -2.38. The van der Waals surface area contributed by atoms with E-state index in [-0.39, 0.29) is 26.3 Å². The van der Waals surface area contributed by atoms with Crippen molar-refractivity contribution in [2.75, 3.05) is 10.5 Å². The van der Waals surface area contributed by atoms with E-state index in [1.165, 1.54) is 12.1 Å². The summed E-state index contributed by atoms with van der Waals surface area (Å²) in [6, 6.07) is 17.9. The van der Waals surface area contributed by atoms with E-state index in [4.69, 9.17) is 0 Å². The molecule has 0 unspecified atom stereocenters. The summed E-state index contributed by atoms with van der Waals surface area (Å²) >= 11 is 7.27. The van der Waals surface area contributed by atoms with Crippen molar-refractivity contribution in [1.82, 2.24) is 0 Å². The fourth-order valence-corrected chi connectivity index (χ4v) is 4.21. The van der Waals surface area contributed by atoms with Crippen LogP contribution < -0.4 is 10.5 Å².